The van der Waals surface area contributed by atoms with E-state index in [0.29, 0.717) is 20.8 Å². The molecule has 0 aliphatic heterocycles. The van der Waals surface area contributed by atoms with Crippen molar-refractivity contribution in [1.29, 1.82) is 0 Å². The predicted molar refractivity (Wildman–Crippen MR) is 82.9 cm³/mol. The van der Waals surface area contributed by atoms with Gasteiger partial charge in [0.25, 0.3) is 0 Å². The summed E-state index contributed by atoms with van der Waals surface area (Å²) >= 11 is 12.9. The zero-order valence-electron chi connectivity index (χ0n) is 9.96. The Bertz CT molecular complexity index is 584. The maximum Gasteiger partial charge on any atom is 0.129 e. The van der Waals surface area contributed by atoms with Gasteiger partial charge in [0, 0.05) is 20.6 Å². The van der Waals surface area contributed by atoms with Crippen LogP contribution in [-0.4, -0.2) is 7.11 Å². The molecular formula is C14H10Br2ClFO. The normalized spacial score (nSPS) is 12.3. The van der Waals surface area contributed by atoms with Crippen LogP contribution in [0.5, 0.6) is 5.75 Å². The van der Waals surface area contributed by atoms with E-state index in [0.717, 1.165) is 5.56 Å². The Balaban J connectivity index is 2.55. The van der Waals surface area contributed by atoms with Gasteiger partial charge in [0.2, 0.25) is 0 Å². The van der Waals surface area contributed by atoms with Crippen molar-refractivity contribution in [2.24, 2.45) is 0 Å². The molecule has 0 aliphatic rings. The van der Waals surface area contributed by atoms with Gasteiger partial charge in [0.05, 0.1) is 11.9 Å². The van der Waals surface area contributed by atoms with Crippen LogP contribution in [0.4, 0.5) is 4.39 Å². The van der Waals surface area contributed by atoms with Gasteiger partial charge in [-0.2, -0.15) is 0 Å². The molecule has 0 aromatic heterocycles. The van der Waals surface area contributed by atoms with Gasteiger partial charge in [-0.05, 0) is 30.3 Å². The fourth-order valence-corrected chi connectivity index (χ4v) is 3.69. The van der Waals surface area contributed by atoms with Crippen LogP contribution in [0.2, 0.25) is 5.02 Å². The molecule has 0 heterocycles. The zero-order valence-corrected chi connectivity index (χ0v) is 13.9. The second kappa shape index (κ2) is 6.25. The quantitative estimate of drug-likeness (QED) is 0.589. The van der Waals surface area contributed by atoms with E-state index in [9.17, 15) is 4.39 Å². The van der Waals surface area contributed by atoms with Crippen LogP contribution >= 0.6 is 43.5 Å². The summed E-state index contributed by atoms with van der Waals surface area (Å²) in [6.07, 6.45) is 0. The molecule has 0 amide bonds. The van der Waals surface area contributed by atoms with Crippen molar-refractivity contribution in [1.82, 2.24) is 0 Å². The number of ether oxygens (including phenoxy) is 1. The number of benzene rings is 2. The fraction of sp³-hybridized carbons (Fsp3) is 0.143. The Hall–Kier alpha value is -0.580. The maximum atomic E-state index is 14.0. The van der Waals surface area contributed by atoms with E-state index in [1.807, 2.05) is 0 Å². The molecule has 0 bridgehead atoms. The highest BCUT2D eigenvalue weighted by atomic mass is 79.9. The summed E-state index contributed by atoms with van der Waals surface area (Å²) in [5, 5.41) is 0.577. The Morgan fingerprint density at radius 3 is 2.63 bits per heavy atom. The van der Waals surface area contributed by atoms with Crippen molar-refractivity contribution in [3.05, 3.63) is 62.8 Å². The number of hydrogen-bond donors (Lipinski definition) is 0. The van der Waals surface area contributed by atoms with E-state index >= 15 is 0 Å². The van der Waals surface area contributed by atoms with Gasteiger partial charge >= 0.3 is 0 Å². The maximum absolute atomic E-state index is 14.0. The van der Waals surface area contributed by atoms with Crippen molar-refractivity contribution in [2.45, 2.75) is 4.83 Å². The third kappa shape index (κ3) is 3.12. The Labute approximate surface area is 133 Å². The van der Waals surface area contributed by atoms with Crippen molar-refractivity contribution in [3.8, 4) is 5.75 Å². The lowest BCUT2D eigenvalue weighted by atomic mass is 10.0. The monoisotopic (exact) mass is 406 g/mol. The van der Waals surface area contributed by atoms with Gasteiger partial charge in [-0.25, -0.2) is 4.39 Å². The standard InChI is InChI=1S/C14H10Br2ClFO/c1-19-12-6-5-8(17)7-9(12)14(16)13-10(15)3-2-4-11(13)18/h2-7,14H,1H3. The molecule has 2 rings (SSSR count). The number of rotatable bonds is 3. The van der Waals surface area contributed by atoms with Crippen LogP contribution in [0.15, 0.2) is 40.9 Å². The highest BCUT2D eigenvalue weighted by molar-refractivity contribution is 9.11. The Morgan fingerprint density at radius 2 is 2.00 bits per heavy atom. The van der Waals surface area contributed by atoms with Crippen LogP contribution in [0.1, 0.15) is 16.0 Å². The smallest absolute Gasteiger partial charge is 0.129 e. The minimum absolute atomic E-state index is 0.293. The SMILES string of the molecule is COc1ccc(Cl)cc1C(Br)c1c(F)cccc1Br. The van der Waals surface area contributed by atoms with Gasteiger partial charge in [-0.3, -0.25) is 0 Å². The van der Waals surface area contributed by atoms with Gasteiger partial charge in [0.1, 0.15) is 11.6 Å². The molecule has 2 aromatic rings. The van der Waals surface area contributed by atoms with Gasteiger partial charge < -0.3 is 4.74 Å². The molecule has 1 unspecified atom stereocenters. The lowest BCUT2D eigenvalue weighted by Crippen LogP contribution is -2.00. The summed E-state index contributed by atoms with van der Waals surface area (Å²) in [7, 11) is 1.57. The molecule has 0 saturated heterocycles. The second-order valence-corrected chi connectivity index (χ2v) is 6.09. The van der Waals surface area contributed by atoms with Crippen LogP contribution in [0.3, 0.4) is 0 Å². The van der Waals surface area contributed by atoms with Gasteiger partial charge in [-0.15, -0.1) is 0 Å². The van der Waals surface area contributed by atoms with Crippen molar-refractivity contribution in [2.75, 3.05) is 7.11 Å². The first-order valence-corrected chi connectivity index (χ1v) is 7.54. The molecule has 0 aliphatic carbocycles. The number of hydrogen-bond acceptors (Lipinski definition) is 1. The van der Waals surface area contributed by atoms with E-state index in [4.69, 9.17) is 16.3 Å². The highest BCUT2D eigenvalue weighted by Gasteiger charge is 2.21. The first-order valence-electron chi connectivity index (χ1n) is 5.46. The second-order valence-electron chi connectivity index (χ2n) is 3.88. The molecule has 5 heteroatoms. The molecule has 0 radical (unpaired) electrons. The van der Waals surface area contributed by atoms with E-state index < -0.39 is 0 Å². The van der Waals surface area contributed by atoms with Crippen molar-refractivity contribution < 1.29 is 9.13 Å². The van der Waals surface area contributed by atoms with Crippen LogP contribution in [0.25, 0.3) is 0 Å². The fourth-order valence-electron chi connectivity index (χ4n) is 1.81. The molecule has 2 aromatic carbocycles. The summed E-state index contributed by atoms with van der Waals surface area (Å²) in [6, 6.07) is 10.1. The molecule has 0 saturated carbocycles. The van der Waals surface area contributed by atoms with E-state index in [1.165, 1.54) is 6.07 Å². The van der Waals surface area contributed by atoms with E-state index in [-0.39, 0.29) is 10.6 Å². The summed E-state index contributed by atoms with van der Waals surface area (Å²) in [6.45, 7) is 0. The van der Waals surface area contributed by atoms with Gasteiger partial charge in [0.15, 0.2) is 0 Å². The van der Waals surface area contributed by atoms with Crippen molar-refractivity contribution >= 4 is 43.5 Å². The first-order chi connectivity index (χ1) is 9.04. The van der Waals surface area contributed by atoms with Crippen LogP contribution < -0.4 is 4.74 Å². The topological polar surface area (TPSA) is 9.23 Å². The van der Waals surface area contributed by atoms with Crippen LogP contribution in [0, 0.1) is 5.82 Å². The predicted octanol–water partition coefficient (Wildman–Crippen LogP) is 5.73. The summed E-state index contributed by atoms with van der Waals surface area (Å²) < 4.78 is 20.0. The minimum atomic E-state index is -0.350. The number of halogens is 4. The third-order valence-electron chi connectivity index (χ3n) is 2.72. The first kappa shape index (κ1) is 14.8. The molecule has 100 valence electrons. The minimum Gasteiger partial charge on any atom is -0.496 e. The zero-order chi connectivity index (χ0) is 14.0. The molecule has 0 N–H and O–H groups in total. The average molecular weight is 408 g/mol. The average Bonchev–Trinajstić information content (AvgIpc) is 2.38. The number of alkyl halides is 1. The van der Waals surface area contributed by atoms with Crippen LogP contribution in [-0.2, 0) is 0 Å². The molecule has 1 nitrogen and oxygen atoms in total. The van der Waals surface area contributed by atoms with E-state index in [1.54, 1.807) is 37.4 Å². The summed E-state index contributed by atoms with van der Waals surface area (Å²) in [5.41, 5.74) is 1.30. The lowest BCUT2D eigenvalue weighted by molar-refractivity contribution is 0.410. The van der Waals surface area contributed by atoms with E-state index in [2.05, 4.69) is 31.9 Å². The Kier molecular flexibility index (Phi) is 4.87. The van der Waals surface area contributed by atoms with Gasteiger partial charge in [-0.1, -0.05) is 49.5 Å². The Morgan fingerprint density at radius 1 is 1.26 bits per heavy atom. The third-order valence-corrected chi connectivity index (χ3v) is 4.60. The highest BCUT2D eigenvalue weighted by Crippen LogP contribution is 2.41. The summed E-state index contributed by atoms with van der Waals surface area (Å²) in [5.74, 6) is 0.361. The number of methoxy groups -OCH3 is 1. The van der Waals surface area contributed by atoms with Crippen molar-refractivity contribution in [3.63, 3.8) is 0 Å². The molecule has 1 atom stereocenters. The molecule has 0 fully saturated rings. The largest absolute Gasteiger partial charge is 0.496 e. The summed E-state index contributed by atoms with van der Waals surface area (Å²) in [4.78, 5) is -0.350. The molecule has 0 spiro atoms. The molecular weight excluding hydrogens is 398 g/mol. The lowest BCUT2D eigenvalue weighted by Gasteiger charge is -2.17. The molecule has 19 heavy (non-hydrogen) atoms.